The Hall–Kier alpha value is -2.93. The normalized spacial score (nSPS) is 16.1. The molecule has 0 aromatic carbocycles. The van der Waals surface area contributed by atoms with Gasteiger partial charge in [0.1, 0.15) is 4.83 Å². The molecule has 1 N–H and O–H groups in total. The third kappa shape index (κ3) is 4.20. The number of nitrogens with zero attached hydrogens (tertiary/aromatic N) is 4. The van der Waals surface area contributed by atoms with Crippen molar-refractivity contribution < 1.29 is 22.8 Å². The summed E-state index contributed by atoms with van der Waals surface area (Å²) in [5.74, 6) is -0.627. The molecule has 4 rings (SSSR count). The monoisotopic (exact) mass is 513 g/mol. The van der Waals surface area contributed by atoms with Crippen molar-refractivity contribution in [3.63, 3.8) is 0 Å². The van der Waals surface area contributed by atoms with Crippen LogP contribution in [-0.4, -0.2) is 43.5 Å². The molecule has 13 heteroatoms. The van der Waals surface area contributed by atoms with Crippen LogP contribution in [0.2, 0.25) is 0 Å². The van der Waals surface area contributed by atoms with Gasteiger partial charge in [0.25, 0.3) is 11.5 Å². The maximum absolute atomic E-state index is 13.7. The molecule has 0 unspecified atom stereocenters. The van der Waals surface area contributed by atoms with Gasteiger partial charge in [0, 0.05) is 41.1 Å². The number of halogens is 3. The van der Waals surface area contributed by atoms with E-state index in [1.165, 1.54) is 18.5 Å². The summed E-state index contributed by atoms with van der Waals surface area (Å²) in [5.41, 5.74) is -2.66. The molecule has 0 radical (unpaired) electrons. The van der Waals surface area contributed by atoms with E-state index >= 15 is 0 Å². The van der Waals surface area contributed by atoms with Crippen molar-refractivity contribution in [3.8, 4) is 0 Å². The first-order chi connectivity index (χ1) is 16.1. The first-order valence-corrected chi connectivity index (χ1v) is 11.8. The van der Waals surface area contributed by atoms with Crippen molar-refractivity contribution in [1.82, 2.24) is 24.4 Å². The fourth-order valence-electron chi connectivity index (χ4n) is 4.19. The standard InChI is InChI=1S/C22H26F3N5O4S/c1-10(2)30-19-15(17(31)28(6)20(30)33)14(18(32)29-8-21(4,5)9-34-29)13(35-19)7-12-11(3)26-27-16(12)22(23,24)25/h10H,7-9H2,1-6H3,(H,26,27). The minimum Gasteiger partial charge on any atom is -0.282 e. The Kier molecular flexibility index (Phi) is 5.99. The highest BCUT2D eigenvalue weighted by Gasteiger charge is 2.40. The number of fused-ring (bicyclic) bond motifs is 1. The lowest BCUT2D eigenvalue weighted by Crippen LogP contribution is -2.39. The van der Waals surface area contributed by atoms with Gasteiger partial charge >= 0.3 is 11.9 Å². The highest BCUT2D eigenvalue weighted by atomic mass is 32.1. The number of nitrogens with one attached hydrogen (secondary N) is 1. The molecule has 1 amide bonds. The van der Waals surface area contributed by atoms with E-state index in [1.54, 1.807) is 13.8 Å². The van der Waals surface area contributed by atoms with E-state index in [0.717, 1.165) is 21.0 Å². The van der Waals surface area contributed by atoms with E-state index in [0.29, 0.717) is 0 Å². The van der Waals surface area contributed by atoms with Crippen LogP contribution in [0, 0.1) is 12.3 Å². The Labute approximate surface area is 202 Å². The summed E-state index contributed by atoms with van der Waals surface area (Å²) in [7, 11) is 1.31. The summed E-state index contributed by atoms with van der Waals surface area (Å²) in [5, 5.41) is 6.91. The lowest BCUT2D eigenvalue weighted by molar-refractivity contribution is -0.141. The highest BCUT2D eigenvalue weighted by Crippen LogP contribution is 2.38. The molecule has 1 aliphatic rings. The van der Waals surface area contributed by atoms with Crippen molar-refractivity contribution >= 4 is 27.5 Å². The van der Waals surface area contributed by atoms with E-state index in [4.69, 9.17) is 4.84 Å². The Balaban J connectivity index is 2.02. The highest BCUT2D eigenvalue weighted by molar-refractivity contribution is 7.19. The van der Waals surface area contributed by atoms with Gasteiger partial charge in [0.05, 0.1) is 24.1 Å². The number of carbonyl (C=O) groups excluding carboxylic acids is 1. The number of rotatable bonds is 4. The predicted molar refractivity (Wildman–Crippen MR) is 124 cm³/mol. The fraction of sp³-hybridized carbons (Fsp3) is 0.545. The van der Waals surface area contributed by atoms with Crippen molar-refractivity contribution in [2.75, 3.05) is 13.2 Å². The van der Waals surface area contributed by atoms with Crippen LogP contribution in [0.1, 0.15) is 65.9 Å². The van der Waals surface area contributed by atoms with Crippen LogP contribution in [0.5, 0.6) is 0 Å². The molecule has 0 atom stereocenters. The van der Waals surface area contributed by atoms with E-state index in [1.807, 2.05) is 13.8 Å². The SMILES string of the molecule is Cc1[nH]nc(C(F)(F)F)c1Cc1sc2c(c1C(=O)N1CC(C)(C)CO1)c(=O)n(C)c(=O)n2C(C)C. The van der Waals surface area contributed by atoms with E-state index in [-0.39, 0.29) is 62.9 Å². The zero-order valence-electron chi connectivity index (χ0n) is 20.2. The molecule has 0 saturated carbocycles. The van der Waals surface area contributed by atoms with Gasteiger partial charge in [-0.2, -0.15) is 18.3 Å². The number of aromatic nitrogens is 4. The predicted octanol–water partition coefficient (Wildman–Crippen LogP) is 3.40. The number of thiophene rings is 1. The molecule has 0 bridgehead atoms. The van der Waals surface area contributed by atoms with E-state index in [9.17, 15) is 27.6 Å². The first kappa shape index (κ1) is 25.2. The second kappa shape index (κ2) is 8.33. The summed E-state index contributed by atoms with van der Waals surface area (Å²) >= 11 is 0.967. The van der Waals surface area contributed by atoms with Gasteiger partial charge in [-0.15, -0.1) is 11.3 Å². The van der Waals surface area contributed by atoms with Crippen LogP contribution in [0.25, 0.3) is 10.2 Å². The van der Waals surface area contributed by atoms with Crippen LogP contribution in [-0.2, 0) is 24.5 Å². The molecule has 3 aromatic rings. The quantitative estimate of drug-likeness (QED) is 0.576. The van der Waals surface area contributed by atoms with Crippen LogP contribution in [0.15, 0.2) is 9.59 Å². The summed E-state index contributed by atoms with van der Waals surface area (Å²) in [4.78, 5) is 45.9. The van der Waals surface area contributed by atoms with Crippen LogP contribution in [0.3, 0.4) is 0 Å². The second-order valence-electron chi connectivity index (χ2n) is 9.82. The van der Waals surface area contributed by atoms with Gasteiger partial charge in [-0.25, -0.2) is 9.86 Å². The van der Waals surface area contributed by atoms with Gasteiger partial charge < -0.3 is 0 Å². The molecule has 35 heavy (non-hydrogen) atoms. The Morgan fingerprint density at radius 2 is 1.94 bits per heavy atom. The van der Waals surface area contributed by atoms with E-state index < -0.39 is 29.0 Å². The van der Waals surface area contributed by atoms with Crippen molar-refractivity contribution in [1.29, 1.82) is 0 Å². The molecule has 1 fully saturated rings. The average Bonchev–Trinajstić information content (AvgIpc) is 3.41. The lowest BCUT2D eigenvalue weighted by Gasteiger charge is -2.17. The fourth-order valence-corrected chi connectivity index (χ4v) is 5.61. The van der Waals surface area contributed by atoms with Crippen molar-refractivity contribution in [3.05, 3.63) is 48.2 Å². The molecule has 0 aliphatic carbocycles. The zero-order valence-corrected chi connectivity index (χ0v) is 21.0. The minimum atomic E-state index is -4.71. The summed E-state index contributed by atoms with van der Waals surface area (Å²) in [6.45, 7) is 9.29. The zero-order chi connectivity index (χ0) is 26.0. The number of amides is 1. The topological polar surface area (TPSA) is 102 Å². The molecule has 1 saturated heterocycles. The van der Waals surface area contributed by atoms with Crippen molar-refractivity contribution in [2.24, 2.45) is 12.5 Å². The number of hydroxylamine groups is 2. The average molecular weight is 514 g/mol. The molecule has 1 aliphatic heterocycles. The van der Waals surface area contributed by atoms with E-state index in [2.05, 4.69) is 10.2 Å². The summed E-state index contributed by atoms with van der Waals surface area (Å²) in [6, 6.07) is -0.366. The van der Waals surface area contributed by atoms with Gasteiger partial charge in [0.15, 0.2) is 5.69 Å². The lowest BCUT2D eigenvalue weighted by atomic mass is 9.96. The third-order valence-electron chi connectivity index (χ3n) is 6.01. The number of hydrogen-bond acceptors (Lipinski definition) is 6. The molecule has 190 valence electrons. The van der Waals surface area contributed by atoms with Gasteiger partial charge in [0.2, 0.25) is 0 Å². The number of alkyl halides is 3. The van der Waals surface area contributed by atoms with Gasteiger partial charge in [-0.05, 0) is 20.8 Å². The molecule has 9 nitrogen and oxygen atoms in total. The minimum absolute atomic E-state index is 0.00573. The number of hydrogen-bond donors (Lipinski definition) is 1. The first-order valence-electron chi connectivity index (χ1n) is 11.0. The summed E-state index contributed by atoms with van der Waals surface area (Å²) in [6.07, 6.45) is -5.01. The molecule has 3 aromatic heterocycles. The Morgan fingerprint density at radius 3 is 2.49 bits per heavy atom. The smallest absolute Gasteiger partial charge is 0.282 e. The third-order valence-corrected chi connectivity index (χ3v) is 7.20. The van der Waals surface area contributed by atoms with Gasteiger partial charge in [-0.1, -0.05) is 13.8 Å². The number of H-pyrrole nitrogens is 1. The van der Waals surface area contributed by atoms with Crippen molar-refractivity contribution in [2.45, 2.75) is 53.3 Å². The van der Waals surface area contributed by atoms with Gasteiger partial charge in [-0.3, -0.25) is 28.7 Å². The number of aryl methyl sites for hydroxylation is 1. The molecule has 4 heterocycles. The second-order valence-corrected chi connectivity index (χ2v) is 10.9. The summed E-state index contributed by atoms with van der Waals surface area (Å²) < 4.78 is 43.2. The number of carbonyl (C=O) groups is 1. The Bertz CT molecular complexity index is 1440. The van der Waals surface area contributed by atoms with Crippen LogP contribution < -0.4 is 11.2 Å². The number of aromatic amines is 1. The maximum Gasteiger partial charge on any atom is 0.435 e. The molecular weight excluding hydrogens is 487 g/mol. The maximum atomic E-state index is 13.7. The largest absolute Gasteiger partial charge is 0.435 e. The molecular formula is C22H26F3N5O4S. The van der Waals surface area contributed by atoms with Crippen LogP contribution in [0.4, 0.5) is 13.2 Å². The van der Waals surface area contributed by atoms with Crippen LogP contribution >= 0.6 is 11.3 Å². The Morgan fingerprint density at radius 1 is 1.29 bits per heavy atom. The molecule has 0 spiro atoms.